The molecule has 2 atom stereocenters. The van der Waals surface area contributed by atoms with E-state index in [9.17, 15) is 9.59 Å². The summed E-state index contributed by atoms with van der Waals surface area (Å²) in [5.74, 6) is 3.27. The number of hydrogen-bond donors (Lipinski definition) is 2. The van der Waals surface area contributed by atoms with Crippen LogP contribution in [0.5, 0.6) is 11.5 Å². The number of benzene rings is 4. The van der Waals surface area contributed by atoms with Gasteiger partial charge in [0, 0.05) is 38.8 Å². The average Bonchev–Trinajstić information content (AvgIpc) is 3.74. The molecular formula is C43H40Cl2N10O4. The van der Waals surface area contributed by atoms with Crippen molar-refractivity contribution >= 4 is 46.4 Å². The molecule has 4 heterocycles. The molecule has 0 fully saturated rings. The first-order valence-corrected chi connectivity index (χ1v) is 19.9. The molecule has 6 aromatic rings. The number of methoxy groups -OCH3 is 1. The maximum Gasteiger partial charge on any atom is 0.222 e. The van der Waals surface area contributed by atoms with Crippen LogP contribution < -0.4 is 20.1 Å². The number of ether oxygens (including phenoxy) is 2. The first-order chi connectivity index (χ1) is 28.6. The van der Waals surface area contributed by atoms with E-state index in [-0.39, 0.29) is 37.8 Å². The van der Waals surface area contributed by atoms with E-state index in [4.69, 9.17) is 42.7 Å². The molecule has 2 aromatic heterocycles. The van der Waals surface area contributed by atoms with E-state index < -0.39 is 12.1 Å². The van der Waals surface area contributed by atoms with Crippen molar-refractivity contribution in [2.45, 2.75) is 45.7 Å². The van der Waals surface area contributed by atoms with Gasteiger partial charge in [0.25, 0.3) is 0 Å². The molecule has 4 aromatic carbocycles. The van der Waals surface area contributed by atoms with Crippen molar-refractivity contribution in [2.24, 2.45) is 9.98 Å². The van der Waals surface area contributed by atoms with Gasteiger partial charge in [-0.3, -0.25) is 28.7 Å². The molecule has 2 unspecified atom stereocenters. The predicted molar refractivity (Wildman–Crippen MR) is 225 cm³/mol. The second kappa shape index (κ2) is 16.8. The van der Waals surface area contributed by atoms with Gasteiger partial charge < -0.3 is 20.1 Å². The molecule has 2 N–H and O–H groups in total. The quantitative estimate of drug-likeness (QED) is 0.129. The normalized spacial score (nSPS) is 15.3. The van der Waals surface area contributed by atoms with Crippen molar-refractivity contribution in [1.82, 2.24) is 40.2 Å². The van der Waals surface area contributed by atoms with E-state index in [2.05, 4.69) is 31.0 Å². The summed E-state index contributed by atoms with van der Waals surface area (Å²) in [4.78, 5) is 36.8. The second-order valence-corrected chi connectivity index (χ2v) is 14.9. The molecule has 14 nitrogen and oxygen atoms in total. The Bertz CT molecular complexity index is 2620. The third-order valence-corrected chi connectivity index (χ3v) is 10.6. The highest BCUT2D eigenvalue weighted by Gasteiger charge is 2.32. The highest BCUT2D eigenvalue weighted by Crippen LogP contribution is 2.36. The first-order valence-electron chi connectivity index (χ1n) is 19.1. The number of aliphatic imine (C=N–C) groups is 2. The van der Waals surface area contributed by atoms with E-state index in [1.807, 2.05) is 103 Å². The van der Waals surface area contributed by atoms with E-state index in [1.54, 1.807) is 19.2 Å². The number of aryl methyl sites for hydroxylation is 2. The number of carbonyl (C=O) groups is 2. The van der Waals surface area contributed by atoms with Gasteiger partial charge in [-0.2, -0.15) is 0 Å². The molecular weight excluding hydrogens is 791 g/mol. The topological polar surface area (TPSA) is 163 Å². The van der Waals surface area contributed by atoms with Crippen molar-refractivity contribution in [3.8, 4) is 22.9 Å². The van der Waals surface area contributed by atoms with Crippen molar-refractivity contribution in [3.63, 3.8) is 0 Å². The van der Waals surface area contributed by atoms with E-state index >= 15 is 0 Å². The van der Waals surface area contributed by atoms with E-state index in [0.717, 1.165) is 33.6 Å². The van der Waals surface area contributed by atoms with Crippen molar-refractivity contribution in [2.75, 3.05) is 26.8 Å². The summed E-state index contributed by atoms with van der Waals surface area (Å²) in [5, 5.41) is 24.7. The van der Waals surface area contributed by atoms with Crippen molar-refractivity contribution in [1.29, 1.82) is 0 Å². The number of rotatable bonds is 12. The van der Waals surface area contributed by atoms with E-state index in [0.29, 0.717) is 62.8 Å². The molecule has 0 radical (unpaired) electrons. The Kier molecular flexibility index (Phi) is 11.3. The largest absolute Gasteiger partial charge is 0.497 e. The lowest BCUT2D eigenvalue weighted by molar-refractivity contribution is -0.122. The maximum atomic E-state index is 13.6. The fourth-order valence-corrected chi connectivity index (χ4v) is 7.62. The molecule has 0 aliphatic carbocycles. The Morgan fingerprint density at radius 1 is 0.661 bits per heavy atom. The minimum Gasteiger partial charge on any atom is -0.497 e. The third-order valence-electron chi connectivity index (χ3n) is 10.1. The molecule has 2 aliphatic heterocycles. The van der Waals surface area contributed by atoms with Crippen molar-refractivity contribution < 1.29 is 19.1 Å². The first kappa shape index (κ1) is 39.4. The van der Waals surface area contributed by atoms with Crippen LogP contribution in [0.4, 0.5) is 0 Å². The number of nitrogens with zero attached hydrogens (tertiary/aromatic N) is 8. The van der Waals surface area contributed by atoms with Gasteiger partial charge in [0.1, 0.15) is 41.8 Å². The lowest BCUT2D eigenvalue weighted by Gasteiger charge is -2.15. The summed E-state index contributed by atoms with van der Waals surface area (Å²) in [6.45, 7) is 6.51. The maximum absolute atomic E-state index is 13.6. The molecule has 8 rings (SSSR count). The SMILES string of the molecule is CCNC(=O)CC1N=C(c2ccc(Cl)cc2)c2cc(OCCNC(=O)CC3N=C(c4ccc(Cl)cc4)c4cc(OC)ccc4-n4c(C)nnc43)ccc2-n2c(C)nnc21. The Balaban J connectivity index is 1.03. The molecule has 2 amide bonds. The summed E-state index contributed by atoms with van der Waals surface area (Å²) in [6.07, 6.45) is 0.104. The number of fused-ring (bicyclic) bond motifs is 6. The zero-order valence-corrected chi connectivity index (χ0v) is 34.3. The Morgan fingerprint density at radius 3 is 1.63 bits per heavy atom. The van der Waals surface area contributed by atoms with Crippen LogP contribution in [-0.2, 0) is 9.59 Å². The van der Waals surface area contributed by atoms with Crippen LogP contribution in [0.15, 0.2) is 94.9 Å². The lowest BCUT2D eigenvalue weighted by atomic mass is 10.00. The van der Waals surface area contributed by atoms with Crippen LogP contribution in [0, 0.1) is 13.8 Å². The number of carbonyl (C=O) groups excluding carboxylic acids is 2. The Hall–Kier alpha value is -6.38. The summed E-state index contributed by atoms with van der Waals surface area (Å²) < 4.78 is 15.7. The Morgan fingerprint density at radius 2 is 1.14 bits per heavy atom. The monoisotopic (exact) mass is 830 g/mol. The van der Waals surface area contributed by atoms with Crippen LogP contribution in [0.3, 0.4) is 0 Å². The summed E-state index contributed by atoms with van der Waals surface area (Å²) >= 11 is 12.5. The second-order valence-electron chi connectivity index (χ2n) is 14.0. The zero-order valence-electron chi connectivity index (χ0n) is 32.7. The Labute approximate surface area is 350 Å². The number of aromatic nitrogens is 6. The molecule has 0 saturated carbocycles. The number of nitrogens with one attached hydrogen (secondary N) is 2. The van der Waals surface area contributed by atoms with E-state index in [1.165, 1.54) is 0 Å². The third kappa shape index (κ3) is 8.05. The lowest BCUT2D eigenvalue weighted by Crippen LogP contribution is -2.29. The number of halogens is 2. The van der Waals surface area contributed by atoms with Gasteiger partial charge in [-0.05, 0) is 81.4 Å². The van der Waals surface area contributed by atoms with Crippen LogP contribution in [0.25, 0.3) is 11.4 Å². The smallest absolute Gasteiger partial charge is 0.222 e. The average molecular weight is 832 g/mol. The predicted octanol–water partition coefficient (Wildman–Crippen LogP) is 6.68. The highest BCUT2D eigenvalue weighted by atomic mass is 35.5. The fourth-order valence-electron chi connectivity index (χ4n) is 7.37. The van der Waals surface area contributed by atoms with Gasteiger partial charge >= 0.3 is 0 Å². The standard InChI is InChI=1S/C43H40Cl2N10O4/c1-5-46-38(56)22-34-42-52-51-25(3)55(42)37-17-15-31(21-33(37)41(48-34)27-8-12-29(45)13-9-27)59-19-18-47-39(57)23-35-43-53-50-24(2)54(43)36-16-14-30(58-4)20-32(36)40(49-35)26-6-10-28(44)11-7-26/h6-17,20-21,34-35H,5,18-19,22-23H2,1-4H3,(H,46,56)(H,47,57). The molecule has 59 heavy (non-hydrogen) atoms. The van der Waals surface area contributed by atoms with Gasteiger partial charge in [-0.1, -0.05) is 47.5 Å². The van der Waals surface area contributed by atoms with Crippen LogP contribution in [-0.4, -0.2) is 79.6 Å². The number of amides is 2. The van der Waals surface area contributed by atoms with Gasteiger partial charge in [-0.15, -0.1) is 20.4 Å². The summed E-state index contributed by atoms with van der Waals surface area (Å²) in [6, 6.07) is 25.0. The van der Waals surface area contributed by atoms with Gasteiger partial charge in [0.2, 0.25) is 11.8 Å². The highest BCUT2D eigenvalue weighted by molar-refractivity contribution is 6.31. The van der Waals surface area contributed by atoms with Gasteiger partial charge in [-0.25, -0.2) is 0 Å². The number of hydrogen-bond acceptors (Lipinski definition) is 10. The van der Waals surface area contributed by atoms with Gasteiger partial charge in [0.05, 0.1) is 49.3 Å². The van der Waals surface area contributed by atoms with Gasteiger partial charge in [0.15, 0.2) is 11.6 Å². The molecule has 0 bridgehead atoms. The van der Waals surface area contributed by atoms with Crippen LogP contribution in [0.1, 0.15) is 77.4 Å². The van der Waals surface area contributed by atoms with Crippen molar-refractivity contribution in [3.05, 3.63) is 141 Å². The summed E-state index contributed by atoms with van der Waals surface area (Å²) in [7, 11) is 1.62. The minimum absolute atomic E-state index is 0.0121. The van der Waals surface area contributed by atoms with Crippen LogP contribution in [0.2, 0.25) is 10.0 Å². The molecule has 300 valence electrons. The summed E-state index contributed by atoms with van der Waals surface area (Å²) in [5.41, 5.74) is 6.16. The van der Waals surface area contributed by atoms with Crippen LogP contribution >= 0.6 is 23.2 Å². The fraction of sp³-hybridized carbons (Fsp3) is 0.256. The minimum atomic E-state index is -0.653. The molecule has 16 heteroatoms. The zero-order chi connectivity index (χ0) is 41.2. The molecule has 2 aliphatic rings. The molecule has 0 spiro atoms. The molecule has 0 saturated heterocycles.